The number of nitrogens with zero attached hydrogens (tertiary/aromatic N) is 3. The van der Waals surface area contributed by atoms with E-state index in [9.17, 15) is 14.4 Å². The van der Waals surface area contributed by atoms with E-state index >= 15 is 0 Å². The van der Waals surface area contributed by atoms with E-state index in [1.54, 1.807) is 19.1 Å². The van der Waals surface area contributed by atoms with E-state index in [4.69, 9.17) is 15.0 Å². The largest absolute Gasteiger partial charge is 0.483 e. The van der Waals surface area contributed by atoms with Crippen LogP contribution in [-0.4, -0.2) is 74.2 Å². The minimum atomic E-state index is -0.809. The molecular formula is C21H27N5O6. The first-order chi connectivity index (χ1) is 15.3. The SMILES string of the molecule is Cc1ncc(C(=O)NC[C@H]2[C@H]3C[C@H](CN(CCC(=O)O)C3)c3cccc(=O)n32)[nH]1.O=CO. The van der Waals surface area contributed by atoms with E-state index in [0.29, 0.717) is 31.2 Å². The van der Waals surface area contributed by atoms with Crippen molar-refractivity contribution in [3.05, 3.63) is 52.0 Å². The van der Waals surface area contributed by atoms with Crippen LogP contribution >= 0.6 is 0 Å². The normalized spacial score (nSPS) is 21.6. The first-order valence-electron chi connectivity index (χ1n) is 10.4. The number of pyridine rings is 1. The molecule has 2 aliphatic rings. The third-order valence-electron chi connectivity index (χ3n) is 5.94. The first-order valence-corrected chi connectivity index (χ1v) is 10.4. The standard InChI is InChI=1S/C20H25N5O4.CH2O2/c1-12-21-8-15(23-12)20(29)22-9-17-14-7-13(10-24(11-14)6-5-19(27)28)16-3-2-4-18(26)25(16)17;2-1-3/h2-4,8,13-14,17H,5-7,9-11H2,1H3,(H,21,23)(H,22,29)(H,27,28);1H,(H,2,3)/t13-,14+,17+;/m1./s1. The minimum Gasteiger partial charge on any atom is -0.483 e. The van der Waals surface area contributed by atoms with Gasteiger partial charge in [-0.3, -0.25) is 19.2 Å². The number of nitrogens with one attached hydrogen (secondary N) is 2. The predicted octanol–water partition coefficient (Wildman–Crippen LogP) is 0.446. The Bertz CT molecular complexity index is 1030. The molecule has 1 saturated heterocycles. The Balaban J connectivity index is 0.000000913. The lowest BCUT2D eigenvalue weighted by molar-refractivity contribution is -0.137. The highest BCUT2D eigenvalue weighted by atomic mass is 16.4. The summed E-state index contributed by atoms with van der Waals surface area (Å²) < 4.78 is 1.83. The van der Waals surface area contributed by atoms with Crippen LogP contribution in [-0.2, 0) is 9.59 Å². The monoisotopic (exact) mass is 445 g/mol. The maximum Gasteiger partial charge on any atom is 0.304 e. The molecule has 2 aromatic rings. The zero-order valence-electron chi connectivity index (χ0n) is 17.7. The number of aryl methyl sites for hydroxylation is 1. The van der Waals surface area contributed by atoms with E-state index in [2.05, 4.69) is 20.2 Å². The van der Waals surface area contributed by atoms with E-state index in [-0.39, 0.29) is 42.2 Å². The summed E-state index contributed by atoms with van der Waals surface area (Å²) in [7, 11) is 0. The van der Waals surface area contributed by atoms with Gasteiger partial charge in [-0.25, -0.2) is 4.98 Å². The molecule has 0 aromatic carbocycles. The quantitative estimate of drug-likeness (QED) is 0.467. The Morgan fingerprint density at radius 2 is 2.09 bits per heavy atom. The number of carbonyl (C=O) groups excluding carboxylic acids is 1. The number of aliphatic carboxylic acids is 1. The van der Waals surface area contributed by atoms with Gasteiger partial charge in [-0.2, -0.15) is 0 Å². The maximum atomic E-state index is 12.7. The summed E-state index contributed by atoms with van der Waals surface area (Å²) in [5.74, 6) is -0.0380. The van der Waals surface area contributed by atoms with Crippen LogP contribution in [0.1, 0.15) is 46.8 Å². The molecule has 4 rings (SSSR count). The summed E-state index contributed by atoms with van der Waals surface area (Å²) in [5.41, 5.74) is 1.29. The average Bonchev–Trinajstić information content (AvgIpc) is 3.19. The van der Waals surface area contributed by atoms with Crippen LogP contribution in [0.4, 0.5) is 0 Å². The van der Waals surface area contributed by atoms with Crippen LogP contribution in [0.5, 0.6) is 0 Å². The van der Waals surface area contributed by atoms with Gasteiger partial charge < -0.3 is 30.0 Å². The fraction of sp³-hybridized carbons (Fsp3) is 0.476. The number of rotatable bonds is 6. The number of piperidine rings is 1. The maximum absolute atomic E-state index is 12.7. The fourth-order valence-electron chi connectivity index (χ4n) is 4.66. The number of H-pyrrole nitrogens is 1. The molecule has 172 valence electrons. The molecule has 0 aliphatic carbocycles. The number of amides is 1. The van der Waals surface area contributed by atoms with Gasteiger partial charge in [0.2, 0.25) is 0 Å². The molecule has 32 heavy (non-hydrogen) atoms. The number of hydrogen-bond donors (Lipinski definition) is 4. The number of aromatic amines is 1. The van der Waals surface area contributed by atoms with Gasteiger partial charge in [-0.1, -0.05) is 6.07 Å². The summed E-state index contributed by atoms with van der Waals surface area (Å²) in [6.45, 7) is 3.82. The van der Waals surface area contributed by atoms with Crippen molar-refractivity contribution in [1.82, 2.24) is 24.8 Å². The first kappa shape index (κ1) is 23.2. The lowest BCUT2D eigenvalue weighted by atomic mass is 9.78. The van der Waals surface area contributed by atoms with Gasteiger partial charge >= 0.3 is 5.97 Å². The lowest BCUT2D eigenvalue weighted by Crippen LogP contribution is -2.52. The molecular weight excluding hydrogens is 418 g/mol. The van der Waals surface area contributed by atoms with E-state index in [0.717, 1.165) is 18.7 Å². The van der Waals surface area contributed by atoms with Crippen molar-refractivity contribution >= 4 is 18.3 Å². The number of likely N-dealkylation sites (tertiary alicyclic amines) is 1. The van der Waals surface area contributed by atoms with Crippen molar-refractivity contribution < 1.29 is 24.6 Å². The highest BCUT2D eigenvalue weighted by Gasteiger charge is 2.40. The lowest BCUT2D eigenvalue weighted by Gasteiger charge is -2.47. The van der Waals surface area contributed by atoms with Crippen LogP contribution in [0.3, 0.4) is 0 Å². The molecule has 4 heterocycles. The zero-order chi connectivity index (χ0) is 23.3. The molecule has 11 nitrogen and oxygen atoms in total. The third kappa shape index (κ3) is 5.22. The molecule has 4 N–H and O–H groups in total. The van der Waals surface area contributed by atoms with Crippen molar-refractivity contribution in [3.8, 4) is 0 Å². The molecule has 1 amide bonds. The van der Waals surface area contributed by atoms with Crippen LogP contribution in [0.15, 0.2) is 29.2 Å². The molecule has 2 bridgehead atoms. The van der Waals surface area contributed by atoms with Gasteiger partial charge in [0, 0.05) is 43.9 Å². The van der Waals surface area contributed by atoms with Crippen molar-refractivity contribution in [2.45, 2.75) is 31.7 Å². The second-order valence-electron chi connectivity index (χ2n) is 8.02. The number of carboxylic acids is 1. The highest BCUT2D eigenvalue weighted by Crippen LogP contribution is 2.40. The van der Waals surface area contributed by atoms with Crippen molar-refractivity contribution in [1.29, 1.82) is 0 Å². The number of fused-ring (bicyclic) bond motifs is 4. The smallest absolute Gasteiger partial charge is 0.304 e. The van der Waals surface area contributed by atoms with E-state index in [1.165, 1.54) is 6.20 Å². The Morgan fingerprint density at radius 1 is 1.34 bits per heavy atom. The number of aromatic nitrogens is 3. The average molecular weight is 445 g/mol. The van der Waals surface area contributed by atoms with Gasteiger partial charge in [-0.15, -0.1) is 0 Å². The number of carbonyl (C=O) groups is 3. The molecule has 0 unspecified atom stereocenters. The number of hydrogen-bond acceptors (Lipinski definition) is 6. The molecule has 0 radical (unpaired) electrons. The third-order valence-corrected chi connectivity index (χ3v) is 5.94. The summed E-state index contributed by atoms with van der Waals surface area (Å²) >= 11 is 0. The molecule has 3 atom stereocenters. The van der Waals surface area contributed by atoms with Crippen LogP contribution in [0.2, 0.25) is 0 Å². The van der Waals surface area contributed by atoms with Gasteiger partial charge in [0.1, 0.15) is 11.5 Å². The topological polar surface area (TPSA) is 158 Å². The van der Waals surface area contributed by atoms with Crippen LogP contribution in [0, 0.1) is 12.8 Å². The molecule has 11 heteroatoms. The van der Waals surface area contributed by atoms with Gasteiger partial charge in [0.15, 0.2) is 0 Å². The van der Waals surface area contributed by atoms with Crippen LogP contribution < -0.4 is 10.9 Å². The van der Waals surface area contributed by atoms with Crippen molar-refractivity contribution in [3.63, 3.8) is 0 Å². The van der Waals surface area contributed by atoms with Crippen LogP contribution in [0.25, 0.3) is 0 Å². The molecule has 0 spiro atoms. The Hall–Kier alpha value is -3.47. The Kier molecular flexibility index (Phi) is 7.41. The summed E-state index contributed by atoms with van der Waals surface area (Å²) in [5, 5.41) is 18.8. The zero-order valence-corrected chi connectivity index (χ0v) is 17.7. The molecule has 1 fully saturated rings. The second kappa shape index (κ2) is 10.2. The van der Waals surface area contributed by atoms with E-state index in [1.807, 2.05) is 10.6 Å². The highest BCUT2D eigenvalue weighted by molar-refractivity contribution is 5.92. The summed E-state index contributed by atoms with van der Waals surface area (Å²) in [6, 6.07) is 5.12. The van der Waals surface area contributed by atoms with Crippen molar-refractivity contribution in [2.75, 3.05) is 26.2 Å². The summed E-state index contributed by atoms with van der Waals surface area (Å²) in [4.78, 5) is 53.6. The van der Waals surface area contributed by atoms with Crippen molar-refractivity contribution in [2.24, 2.45) is 5.92 Å². The van der Waals surface area contributed by atoms with Gasteiger partial charge in [0.05, 0.1) is 18.7 Å². The second-order valence-corrected chi connectivity index (χ2v) is 8.02. The molecule has 0 saturated carbocycles. The predicted molar refractivity (Wildman–Crippen MR) is 114 cm³/mol. The number of imidazole rings is 1. The molecule has 2 aromatic heterocycles. The fourth-order valence-corrected chi connectivity index (χ4v) is 4.66. The number of carboxylic acid groups (broad SMARTS) is 2. The molecule has 2 aliphatic heterocycles. The van der Waals surface area contributed by atoms with Gasteiger partial charge in [0.25, 0.3) is 17.9 Å². The Labute approximate surface area is 184 Å². The van der Waals surface area contributed by atoms with E-state index < -0.39 is 5.97 Å². The Morgan fingerprint density at radius 3 is 2.75 bits per heavy atom. The minimum absolute atomic E-state index is 0.0622. The summed E-state index contributed by atoms with van der Waals surface area (Å²) in [6.07, 6.45) is 2.52. The van der Waals surface area contributed by atoms with Gasteiger partial charge in [-0.05, 0) is 25.3 Å².